The molecule has 1 rings (SSSR count). The number of aliphatic hydroxyl groups is 4. The molecule has 0 saturated carbocycles. The second kappa shape index (κ2) is 54.1. The number of hydrogen-bond donors (Lipinski definition) is 6. The van der Waals surface area contributed by atoms with Crippen molar-refractivity contribution in [1.29, 1.82) is 0 Å². The number of rotatable bonds is 59. The highest BCUT2D eigenvalue weighted by molar-refractivity contribution is 7.80. The van der Waals surface area contributed by atoms with Crippen molar-refractivity contribution in [3.63, 3.8) is 0 Å². The molecule has 1 heterocycles. The van der Waals surface area contributed by atoms with Crippen molar-refractivity contribution in [2.75, 3.05) is 13.2 Å². The number of carbonyl (C=O) groups is 1. The van der Waals surface area contributed by atoms with Crippen molar-refractivity contribution < 1.29 is 51.8 Å². The van der Waals surface area contributed by atoms with Gasteiger partial charge in [0.05, 0.1) is 25.4 Å². The SMILES string of the molecule is CCCCCCCCCCCCCC/C=C\CCCCCCCCCCCCCCC(=O)NC(COC1OC(CO)C(O)C(OS(=O)(=O)O)C1O)C(O)CCCCCCCCCCCCCCCCCCCCCCCC. The van der Waals surface area contributed by atoms with Crippen LogP contribution in [0, 0.1) is 0 Å². The smallest absolute Gasteiger partial charge is 0.394 e. The second-order valence-electron chi connectivity index (χ2n) is 23.4. The standard InChI is InChI=1S/C64H125NO11S/c1-3-5-7-9-11-13-15-17-19-21-23-25-27-28-29-30-31-32-34-36-38-40-42-44-46-48-50-52-54-60(68)65-57(56-74-64-62(70)63(76-77(71,72)73)61(69)59(55-66)75-64)58(67)53-51-49-47-45-43-41-39-37-35-33-26-24-22-20-18-16-14-12-10-8-6-4-2/h28-29,57-59,61-64,66-67,69-70H,3-27,30-56H2,1-2H3,(H,65,68)(H,71,72,73)/b29-28-. The lowest BCUT2D eigenvalue weighted by Gasteiger charge is -2.41. The fourth-order valence-corrected chi connectivity index (χ4v) is 11.5. The van der Waals surface area contributed by atoms with Gasteiger partial charge in [0.15, 0.2) is 6.29 Å². The van der Waals surface area contributed by atoms with Crippen LogP contribution in [0.1, 0.15) is 335 Å². The van der Waals surface area contributed by atoms with Gasteiger partial charge in [0, 0.05) is 6.42 Å². The van der Waals surface area contributed by atoms with Gasteiger partial charge in [-0.05, 0) is 38.5 Å². The van der Waals surface area contributed by atoms with Crippen molar-refractivity contribution in [2.45, 2.75) is 378 Å². The predicted octanol–water partition coefficient (Wildman–Crippen LogP) is 16.6. The molecule has 1 aliphatic heterocycles. The largest absolute Gasteiger partial charge is 0.397 e. The van der Waals surface area contributed by atoms with Crippen LogP contribution in [-0.2, 0) is 28.9 Å². The molecule has 0 spiro atoms. The van der Waals surface area contributed by atoms with Gasteiger partial charge in [-0.15, -0.1) is 0 Å². The van der Waals surface area contributed by atoms with Crippen molar-refractivity contribution in [1.82, 2.24) is 5.32 Å². The van der Waals surface area contributed by atoms with E-state index in [1.807, 2.05) is 0 Å². The van der Waals surface area contributed by atoms with E-state index in [-0.39, 0.29) is 12.5 Å². The summed E-state index contributed by atoms with van der Waals surface area (Å²) in [5.41, 5.74) is 0. The third-order valence-electron chi connectivity index (χ3n) is 16.1. The average Bonchev–Trinajstić information content (AvgIpc) is 3.41. The van der Waals surface area contributed by atoms with Crippen LogP contribution in [0.3, 0.4) is 0 Å². The summed E-state index contributed by atoms with van der Waals surface area (Å²) in [6, 6.07) is -0.857. The molecule has 1 amide bonds. The van der Waals surface area contributed by atoms with Gasteiger partial charge in [-0.1, -0.05) is 302 Å². The summed E-state index contributed by atoms with van der Waals surface area (Å²) < 4.78 is 48.1. The normalized spacial score (nSPS) is 18.9. The molecule has 0 aliphatic carbocycles. The maximum absolute atomic E-state index is 13.2. The molecule has 6 N–H and O–H groups in total. The first-order valence-electron chi connectivity index (χ1n) is 33.1. The lowest BCUT2D eigenvalue weighted by atomic mass is 9.99. The molecule has 1 saturated heterocycles. The number of ether oxygens (including phenoxy) is 2. The molecule has 0 aromatic heterocycles. The van der Waals surface area contributed by atoms with Crippen LogP contribution in [0.15, 0.2) is 12.2 Å². The molecule has 458 valence electrons. The van der Waals surface area contributed by atoms with Gasteiger partial charge in [-0.25, -0.2) is 4.18 Å². The molecule has 0 aromatic rings. The van der Waals surface area contributed by atoms with E-state index < -0.39 is 59.9 Å². The minimum absolute atomic E-state index is 0.223. The van der Waals surface area contributed by atoms with E-state index in [4.69, 9.17) is 9.47 Å². The molecule has 77 heavy (non-hydrogen) atoms. The first-order valence-corrected chi connectivity index (χ1v) is 34.4. The Morgan fingerprint density at radius 1 is 0.506 bits per heavy atom. The van der Waals surface area contributed by atoms with E-state index in [1.165, 1.54) is 257 Å². The number of allylic oxidation sites excluding steroid dienone is 2. The zero-order valence-electron chi connectivity index (χ0n) is 50.1. The predicted molar refractivity (Wildman–Crippen MR) is 319 cm³/mol. The molecular formula is C64H125NO11S. The summed E-state index contributed by atoms with van der Waals surface area (Å²) in [4.78, 5) is 13.2. The van der Waals surface area contributed by atoms with Crippen molar-refractivity contribution in [3.05, 3.63) is 12.2 Å². The topological polar surface area (TPSA) is 192 Å². The van der Waals surface area contributed by atoms with E-state index >= 15 is 0 Å². The molecule has 7 atom stereocenters. The van der Waals surface area contributed by atoms with Crippen LogP contribution in [0.25, 0.3) is 0 Å². The van der Waals surface area contributed by atoms with Crippen molar-refractivity contribution in [2.24, 2.45) is 0 Å². The first-order chi connectivity index (χ1) is 37.5. The minimum atomic E-state index is -5.08. The van der Waals surface area contributed by atoms with Gasteiger partial charge in [0.1, 0.15) is 24.4 Å². The minimum Gasteiger partial charge on any atom is -0.394 e. The second-order valence-corrected chi connectivity index (χ2v) is 24.5. The molecule has 12 nitrogen and oxygen atoms in total. The number of carbonyl (C=O) groups excluding carboxylic acids is 1. The molecule has 7 unspecified atom stereocenters. The molecule has 0 bridgehead atoms. The number of aliphatic hydroxyl groups excluding tert-OH is 4. The van der Waals surface area contributed by atoms with E-state index in [9.17, 15) is 38.2 Å². The first kappa shape index (κ1) is 73.9. The summed E-state index contributed by atoms with van der Waals surface area (Å²) in [6.45, 7) is 3.52. The molecular weight excluding hydrogens is 991 g/mol. The lowest BCUT2D eigenvalue weighted by molar-refractivity contribution is -0.298. The van der Waals surface area contributed by atoms with Crippen LogP contribution >= 0.6 is 0 Å². The summed E-state index contributed by atoms with van der Waals surface area (Å²) in [5, 5.41) is 45.3. The average molecular weight is 1120 g/mol. The zero-order chi connectivity index (χ0) is 56.1. The van der Waals surface area contributed by atoms with E-state index in [0.717, 1.165) is 51.4 Å². The van der Waals surface area contributed by atoms with E-state index in [0.29, 0.717) is 12.8 Å². The Balaban J connectivity index is 2.27. The Morgan fingerprint density at radius 2 is 0.831 bits per heavy atom. The maximum atomic E-state index is 13.2. The van der Waals surface area contributed by atoms with Gasteiger partial charge in [-0.3, -0.25) is 9.35 Å². The highest BCUT2D eigenvalue weighted by Crippen LogP contribution is 2.26. The summed E-state index contributed by atoms with van der Waals surface area (Å²) >= 11 is 0. The van der Waals surface area contributed by atoms with Gasteiger partial charge < -0.3 is 35.2 Å². The molecule has 0 radical (unpaired) electrons. The Labute approximate surface area is 474 Å². The Kier molecular flexibility index (Phi) is 51.9. The van der Waals surface area contributed by atoms with Crippen molar-refractivity contribution >= 4 is 16.3 Å². The Hall–Kier alpha value is -1.16. The van der Waals surface area contributed by atoms with Crippen molar-refractivity contribution in [3.8, 4) is 0 Å². The third-order valence-corrected chi connectivity index (χ3v) is 16.5. The molecule has 1 aliphatic rings. The Bertz CT molecular complexity index is 1400. The lowest BCUT2D eigenvalue weighted by Crippen LogP contribution is -2.61. The van der Waals surface area contributed by atoms with Crippen LogP contribution < -0.4 is 5.32 Å². The fourth-order valence-electron chi connectivity index (χ4n) is 11.0. The van der Waals surface area contributed by atoms with Crippen LogP contribution in [-0.4, -0.2) is 95.4 Å². The van der Waals surface area contributed by atoms with E-state index in [1.54, 1.807) is 0 Å². The number of unbranched alkanes of at least 4 members (excludes halogenated alkanes) is 45. The summed E-state index contributed by atoms with van der Waals surface area (Å²) in [6.07, 6.45) is 58.0. The van der Waals surface area contributed by atoms with Gasteiger partial charge in [-0.2, -0.15) is 8.42 Å². The number of hydrogen-bond acceptors (Lipinski definition) is 10. The van der Waals surface area contributed by atoms with Gasteiger partial charge >= 0.3 is 10.4 Å². The van der Waals surface area contributed by atoms with Crippen LogP contribution in [0.2, 0.25) is 0 Å². The number of nitrogens with one attached hydrogen (secondary N) is 1. The summed E-state index contributed by atoms with van der Waals surface area (Å²) in [7, 11) is -5.08. The third kappa shape index (κ3) is 46.1. The fraction of sp³-hybridized carbons (Fsp3) is 0.953. The molecule has 0 aromatic carbocycles. The molecule has 13 heteroatoms. The highest BCUT2D eigenvalue weighted by Gasteiger charge is 2.48. The summed E-state index contributed by atoms with van der Waals surface area (Å²) in [5.74, 6) is -0.223. The van der Waals surface area contributed by atoms with Crippen LogP contribution in [0.5, 0.6) is 0 Å². The quantitative estimate of drug-likeness (QED) is 0.0193. The maximum Gasteiger partial charge on any atom is 0.397 e. The van der Waals surface area contributed by atoms with Crippen LogP contribution in [0.4, 0.5) is 0 Å². The van der Waals surface area contributed by atoms with Gasteiger partial charge in [0.25, 0.3) is 0 Å². The van der Waals surface area contributed by atoms with E-state index in [2.05, 4.69) is 35.5 Å². The van der Waals surface area contributed by atoms with Gasteiger partial charge in [0.2, 0.25) is 5.91 Å². The Morgan fingerprint density at radius 3 is 1.17 bits per heavy atom. The zero-order valence-corrected chi connectivity index (χ0v) is 50.9. The highest BCUT2D eigenvalue weighted by atomic mass is 32.3. The molecule has 1 fully saturated rings. The monoisotopic (exact) mass is 1120 g/mol. The number of amides is 1.